The van der Waals surface area contributed by atoms with Gasteiger partial charge in [0.1, 0.15) is 0 Å². The van der Waals surface area contributed by atoms with Gasteiger partial charge in [-0.15, -0.1) is 0 Å². The van der Waals surface area contributed by atoms with E-state index in [0.717, 1.165) is 42.9 Å². The number of hydrogen-bond donors (Lipinski definition) is 2. The highest BCUT2D eigenvalue weighted by atomic mass is 16.5. The van der Waals surface area contributed by atoms with Crippen LogP contribution in [0.4, 0.5) is 0 Å². The van der Waals surface area contributed by atoms with Crippen LogP contribution >= 0.6 is 0 Å². The van der Waals surface area contributed by atoms with Crippen molar-refractivity contribution in [3.05, 3.63) is 0 Å². The molecule has 3 aliphatic rings. The smallest absolute Gasteiger partial charge is 0.0621 e. The van der Waals surface area contributed by atoms with Gasteiger partial charge in [-0.1, -0.05) is 47.0 Å². The van der Waals surface area contributed by atoms with E-state index in [9.17, 15) is 10.2 Å². The average Bonchev–Trinajstić information content (AvgIpc) is 3.13. The molecule has 0 bridgehead atoms. The van der Waals surface area contributed by atoms with Crippen LogP contribution in [0.1, 0.15) is 113 Å². The van der Waals surface area contributed by atoms with Crippen molar-refractivity contribution in [2.24, 2.45) is 46.8 Å². The largest absolute Gasteiger partial charge is 0.396 e. The molecular formula is C29H54O3. The Balaban J connectivity index is 1.64. The Kier molecular flexibility index (Phi) is 8.81. The van der Waals surface area contributed by atoms with Gasteiger partial charge in [-0.3, -0.25) is 0 Å². The van der Waals surface area contributed by atoms with Gasteiger partial charge in [-0.2, -0.15) is 0 Å². The molecule has 0 aromatic heterocycles. The molecular weight excluding hydrogens is 396 g/mol. The molecule has 9 atom stereocenters. The molecule has 3 fully saturated rings. The molecule has 32 heavy (non-hydrogen) atoms. The van der Waals surface area contributed by atoms with Gasteiger partial charge in [0.15, 0.2) is 0 Å². The molecule has 3 nitrogen and oxygen atoms in total. The molecule has 0 aliphatic heterocycles. The second-order valence-corrected chi connectivity index (χ2v) is 13.5. The first kappa shape index (κ1) is 26.5. The predicted molar refractivity (Wildman–Crippen MR) is 133 cm³/mol. The molecule has 0 amide bonds. The summed E-state index contributed by atoms with van der Waals surface area (Å²) in [6.07, 6.45) is 11.8. The van der Waals surface area contributed by atoms with Crippen LogP contribution in [0.2, 0.25) is 0 Å². The van der Waals surface area contributed by atoms with E-state index < -0.39 is 0 Å². The van der Waals surface area contributed by atoms with E-state index in [1.807, 2.05) is 0 Å². The molecule has 188 valence electrons. The maximum atomic E-state index is 11.3. The Hall–Kier alpha value is -0.120. The topological polar surface area (TPSA) is 49.7 Å². The minimum absolute atomic E-state index is 0.0862. The summed E-state index contributed by atoms with van der Waals surface area (Å²) >= 11 is 0. The number of aliphatic hydroxyl groups is 2. The third kappa shape index (κ3) is 5.92. The van der Waals surface area contributed by atoms with Crippen molar-refractivity contribution < 1.29 is 14.9 Å². The molecule has 3 aliphatic carbocycles. The zero-order valence-electron chi connectivity index (χ0n) is 22.3. The molecule has 3 saturated carbocycles. The van der Waals surface area contributed by atoms with Gasteiger partial charge >= 0.3 is 0 Å². The fourth-order valence-corrected chi connectivity index (χ4v) is 8.14. The highest BCUT2D eigenvalue weighted by Crippen LogP contribution is 2.59. The molecule has 0 aromatic rings. The molecule has 0 spiro atoms. The number of aliphatic hydroxyl groups excluding tert-OH is 2. The number of hydrogen-bond acceptors (Lipinski definition) is 3. The second kappa shape index (κ2) is 10.6. The van der Waals surface area contributed by atoms with E-state index in [0.29, 0.717) is 24.4 Å². The Labute approximate surface area is 199 Å². The summed E-state index contributed by atoms with van der Waals surface area (Å²) in [6, 6.07) is 0. The van der Waals surface area contributed by atoms with Gasteiger partial charge in [0.05, 0.1) is 17.8 Å². The lowest BCUT2D eigenvalue weighted by molar-refractivity contribution is -0.154. The standard InChI is InChI=1S/C29H54O3/c1-19(2)9-8-10-20(3)22-11-12-24-23(22)13-14-26(25(24)18-30)29(7)16-15-21(17-27(29)31)32-28(4,5)6/h19-27,30-31H,8-18H2,1-7H3/t20-,21+,22-,23+,24+,25+,26-,27+,29-/m0/s1. The number of ether oxygens (including phenoxy) is 1. The van der Waals surface area contributed by atoms with Crippen LogP contribution in [0, 0.1) is 46.8 Å². The van der Waals surface area contributed by atoms with Crippen LogP contribution in [0.5, 0.6) is 0 Å². The van der Waals surface area contributed by atoms with Gasteiger partial charge in [-0.05, 0) is 106 Å². The first-order valence-electron chi connectivity index (χ1n) is 13.9. The molecule has 3 heteroatoms. The molecule has 0 aromatic carbocycles. The average molecular weight is 451 g/mol. The summed E-state index contributed by atoms with van der Waals surface area (Å²) in [5.74, 6) is 4.71. The van der Waals surface area contributed by atoms with Crippen LogP contribution in [0.3, 0.4) is 0 Å². The third-order valence-corrected chi connectivity index (χ3v) is 9.81. The Morgan fingerprint density at radius 1 is 0.969 bits per heavy atom. The maximum Gasteiger partial charge on any atom is 0.0621 e. The van der Waals surface area contributed by atoms with Crippen LogP contribution in [0.15, 0.2) is 0 Å². The summed E-state index contributed by atoms with van der Waals surface area (Å²) in [5.41, 5.74) is -0.244. The lowest BCUT2D eigenvalue weighted by Crippen LogP contribution is -2.52. The van der Waals surface area contributed by atoms with E-state index in [4.69, 9.17) is 4.74 Å². The Bertz CT molecular complexity index is 581. The van der Waals surface area contributed by atoms with Crippen molar-refractivity contribution >= 4 is 0 Å². The Morgan fingerprint density at radius 3 is 2.25 bits per heavy atom. The highest BCUT2D eigenvalue weighted by Gasteiger charge is 2.54. The fourth-order valence-electron chi connectivity index (χ4n) is 8.14. The zero-order chi connectivity index (χ0) is 23.7. The van der Waals surface area contributed by atoms with E-state index >= 15 is 0 Å². The third-order valence-electron chi connectivity index (χ3n) is 9.81. The van der Waals surface area contributed by atoms with Crippen molar-refractivity contribution in [3.8, 4) is 0 Å². The quantitative estimate of drug-likeness (QED) is 0.425. The fraction of sp³-hybridized carbons (Fsp3) is 1.00. The number of rotatable bonds is 8. The van der Waals surface area contributed by atoms with E-state index in [2.05, 4.69) is 48.5 Å². The highest BCUT2D eigenvalue weighted by molar-refractivity contribution is 5.03. The van der Waals surface area contributed by atoms with E-state index in [1.54, 1.807) is 0 Å². The monoisotopic (exact) mass is 450 g/mol. The van der Waals surface area contributed by atoms with Crippen LogP contribution in [-0.4, -0.2) is 34.6 Å². The number of fused-ring (bicyclic) bond motifs is 1. The van der Waals surface area contributed by atoms with Gasteiger partial charge in [0.2, 0.25) is 0 Å². The van der Waals surface area contributed by atoms with Crippen molar-refractivity contribution in [1.29, 1.82) is 0 Å². The first-order chi connectivity index (χ1) is 15.0. The van der Waals surface area contributed by atoms with Crippen molar-refractivity contribution in [2.45, 2.75) is 130 Å². The molecule has 0 saturated heterocycles. The SMILES string of the molecule is CC(C)CCC[C@H](C)[C@@H]1CC[C@@H]2[C@@H]1CC[C@H]([C@]1(C)CC[C@@H](OC(C)(C)C)C[C@H]1O)[C@@H]2CO. The minimum Gasteiger partial charge on any atom is -0.396 e. The molecule has 0 heterocycles. The van der Waals surface area contributed by atoms with Gasteiger partial charge < -0.3 is 14.9 Å². The molecule has 3 rings (SSSR count). The second-order valence-electron chi connectivity index (χ2n) is 13.5. The van der Waals surface area contributed by atoms with Crippen LogP contribution in [0.25, 0.3) is 0 Å². The summed E-state index contributed by atoms with van der Waals surface area (Å²) in [4.78, 5) is 0. The van der Waals surface area contributed by atoms with Gasteiger partial charge in [0, 0.05) is 13.0 Å². The lowest BCUT2D eigenvalue weighted by atomic mass is 9.53. The van der Waals surface area contributed by atoms with Crippen molar-refractivity contribution in [3.63, 3.8) is 0 Å². The summed E-state index contributed by atoms with van der Waals surface area (Å²) in [7, 11) is 0. The van der Waals surface area contributed by atoms with E-state index in [-0.39, 0.29) is 23.2 Å². The van der Waals surface area contributed by atoms with Crippen LogP contribution < -0.4 is 0 Å². The van der Waals surface area contributed by atoms with Gasteiger partial charge in [-0.25, -0.2) is 0 Å². The van der Waals surface area contributed by atoms with Gasteiger partial charge in [0.25, 0.3) is 0 Å². The Morgan fingerprint density at radius 2 is 1.66 bits per heavy atom. The normalized spacial score (nSPS) is 41.6. The summed E-state index contributed by atoms with van der Waals surface area (Å²) in [6.45, 7) is 16.1. The van der Waals surface area contributed by atoms with Crippen molar-refractivity contribution in [1.82, 2.24) is 0 Å². The zero-order valence-corrected chi connectivity index (χ0v) is 22.3. The summed E-state index contributed by atoms with van der Waals surface area (Å²) in [5, 5.41) is 21.9. The molecule has 0 unspecified atom stereocenters. The van der Waals surface area contributed by atoms with Crippen molar-refractivity contribution in [2.75, 3.05) is 6.61 Å². The predicted octanol–water partition coefficient (Wildman–Crippen LogP) is 6.84. The van der Waals surface area contributed by atoms with E-state index in [1.165, 1.54) is 44.9 Å². The maximum absolute atomic E-state index is 11.3. The summed E-state index contributed by atoms with van der Waals surface area (Å²) < 4.78 is 6.23. The molecule has 2 N–H and O–H groups in total. The minimum atomic E-state index is -0.327. The molecule has 0 radical (unpaired) electrons. The first-order valence-corrected chi connectivity index (χ1v) is 13.9. The lowest BCUT2D eigenvalue weighted by Gasteiger charge is -2.54. The van der Waals surface area contributed by atoms with Crippen LogP contribution in [-0.2, 0) is 4.74 Å².